The van der Waals surface area contributed by atoms with Crippen molar-refractivity contribution in [1.29, 1.82) is 0 Å². The molecule has 0 saturated heterocycles. The second-order valence-corrected chi connectivity index (χ2v) is 18.5. The van der Waals surface area contributed by atoms with Crippen LogP contribution in [0.1, 0.15) is 26.3 Å². The zero-order valence-corrected chi connectivity index (χ0v) is 38.5. The number of thiophene rings is 2. The van der Waals surface area contributed by atoms with Crippen LogP contribution in [0.5, 0.6) is 0 Å². The van der Waals surface area contributed by atoms with Gasteiger partial charge in [-0.05, 0) is 89.3 Å². The summed E-state index contributed by atoms with van der Waals surface area (Å²) in [6.07, 6.45) is 10.9. The molecule has 0 bridgehead atoms. The van der Waals surface area contributed by atoms with Crippen molar-refractivity contribution in [3.63, 3.8) is 0 Å². The number of imidazole rings is 2. The van der Waals surface area contributed by atoms with Crippen LogP contribution in [0.15, 0.2) is 120 Å². The molecule has 0 atom stereocenters. The molecule has 0 aliphatic heterocycles. The number of H-pyrrole nitrogens is 4. The number of fused-ring (bicyclic) bond motifs is 4. The minimum Gasteiger partial charge on any atom is -0.336 e. The third-order valence-corrected chi connectivity index (χ3v) is 13.6. The summed E-state index contributed by atoms with van der Waals surface area (Å²) in [7, 11) is 0. The second-order valence-electron chi connectivity index (χ2n) is 16.8. The molecule has 2 aromatic carbocycles. The van der Waals surface area contributed by atoms with E-state index in [1.165, 1.54) is 0 Å². The van der Waals surface area contributed by atoms with Crippen molar-refractivity contribution in [3.8, 4) is 78.2 Å². The average molecular weight is 929 g/mol. The monoisotopic (exact) mass is 928 g/mol. The molecule has 332 valence electrons. The van der Waals surface area contributed by atoms with E-state index in [1.807, 2.05) is 68.1 Å². The molecular formula is C51H40N14OS2. The number of benzene rings is 2. The van der Waals surface area contributed by atoms with Gasteiger partial charge >= 0.3 is 0 Å². The van der Waals surface area contributed by atoms with Crippen LogP contribution >= 0.6 is 22.7 Å². The highest BCUT2D eigenvalue weighted by atomic mass is 32.1. The van der Waals surface area contributed by atoms with Gasteiger partial charge in [-0.1, -0.05) is 26.8 Å². The van der Waals surface area contributed by atoms with Crippen molar-refractivity contribution >= 4 is 78.1 Å². The van der Waals surface area contributed by atoms with Gasteiger partial charge in [-0.3, -0.25) is 34.9 Å². The topological polar surface area (TPSA) is 207 Å². The molecule has 0 radical (unpaired) electrons. The minimum absolute atomic E-state index is 0.0656. The summed E-state index contributed by atoms with van der Waals surface area (Å²) in [5.74, 6) is 1.04. The van der Waals surface area contributed by atoms with Crippen LogP contribution in [0.2, 0.25) is 0 Å². The van der Waals surface area contributed by atoms with Gasteiger partial charge in [0.25, 0.3) is 0 Å². The molecule has 6 N–H and O–H groups in total. The molecule has 0 saturated carbocycles. The molecule has 10 aromatic heterocycles. The van der Waals surface area contributed by atoms with Gasteiger partial charge in [0.1, 0.15) is 22.4 Å². The third-order valence-electron chi connectivity index (χ3n) is 12.0. The molecule has 12 aromatic rings. The summed E-state index contributed by atoms with van der Waals surface area (Å²) in [4.78, 5) is 49.4. The Hall–Kier alpha value is -8.25. The van der Waals surface area contributed by atoms with Crippen molar-refractivity contribution in [2.75, 3.05) is 11.9 Å². The van der Waals surface area contributed by atoms with Gasteiger partial charge < -0.3 is 20.6 Å². The Kier molecular flexibility index (Phi) is 10.2. The lowest BCUT2D eigenvalue weighted by molar-refractivity contribution is -0.118. The SMILES string of the molecule is CCNCc1cncc(-c2cc(-c3cc(-c4nccc5[nH]c(-c6n[nH]c7ccc(-c8cncc(NC(=O)C(C)C)c8)cc67)nc45)cs3)c3[nH]nc(-c4nc5c(-c6ccsc6)nccc5[nH]4)c3c2)c1. The highest BCUT2D eigenvalue weighted by Gasteiger charge is 2.22. The van der Waals surface area contributed by atoms with E-state index in [4.69, 9.17) is 30.1 Å². The minimum atomic E-state index is -0.150. The lowest BCUT2D eigenvalue weighted by Gasteiger charge is -2.09. The fourth-order valence-corrected chi connectivity index (χ4v) is 10.1. The maximum absolute atomic E-state index is 12.4. The summed E-state index contributed by atoms with van der Waals surface area (Å²) in [6, 6.07) is 22.7. The first-order valence-corrected chi connectivity index (χ1v) is 23.9. The molecule has 1 amide bonds. The lowest BCUT2D eigenvalue weighted by Crippen LogP contribution is -2.17. The smallest absolute Gasteiger partial charge is 0.226 e. The number of carbonyl (C=O) groups is 1. The molecule has 68 heavy (non-hydrogen) atoms. The third kappa shape index (κ3) is 7.38. The average Bonchev–Trinajstić information content (AvgIpc) is 4.23. The van der Waals surface area contributed by atoms with Gasteiger partial charge in [-0.2, -0.15) is 21.5 Å². The van der Waals surface area contributed by atoms with Crippen LogP contribution in [0.3, 0.4) is 0 Å². The Morgan fingerprint density at radius 2 is 1.38 bits per heavy atom. The van der Waals surface area contributed by atoms with Crippen LogP contribution in [-0.4, -0.2) is 72.7 Å². The summed E-state index contributed by atoms with van der Waals surface area (Å²) in [5.41, 5.74) is 16.4. The first kappa shape index (κ1) is 41.2. The lowest BCUT2D eigenvalue weighted by atomic mass is 9.98. The van der Waals surface area contributed by atoms with E-state index in [2.05, 4.69) is 94.8 Å². The van der Waals surface area contributed by atoms with Crippen LogP contribution in [0, 0.1) is 5.92 Å². The zero-order chi connectivity index (χ0) is 45.9. The summed E-state index contributed by atoms with van der Waals surface area (Å²) in [6.45, 7) is 7.40. The van der Waals surface area contributed by atoms with Gasteiger partial charge in [-0.15, -0.1) is 11.3 Å². The van der Waals surface area contributed by atoms with Crippen molar-refractivity contribution < 1.29 is 4.79 Å². The number of rotatable bonds is 12. The number of hydrogen-bond acceptors (Lipinski definition) is 12. The van der Waals surface area contributed by atoms with Crippen LogP contribution < -0.4 is 10.6 Å². The highest BCUT2D eigenvalue weighted by Crippen LogP contribution is 2.42. The number of aromatic nitrogens is 12. The van der Waals surface area contributed by atoms with Crippen LogP contribution in [0.4, 0.5) is 5.69 Å². The first-order chi connectivity index (χ1) is 33.3. The Bertz CT molecular complexity index is 3860. The molecule has 12 rings (SSSR count). The van der Waals surface area contributed by atoms with Crippen molar-refractivity contribution in [1.82, 2.24) is 65.6 Å². The molecule has 0 spiro atoms. The second kappa shape index (κ2) is 16.9. The Labute approximate surface area is 395 Å². The number of anilines is 1. The molecule has 0 unspecified atom stereocenters. The van der Waals surface area contributed by atoms with E-state index in [0.717, 1.165) is 118 Å². The summed E-state index contributed by atoms with van der Waals surface area (Å²) < 4.78 is 0. The number of pyridine rings is 4. The predicted molar refractivity (Wildman–Crippen MR) is 271 cm³/mol. The number of hydrogen-bond donors (Lipinski definition) is 6. The number of aromatic amines is 4. The van der Waals surface area contributed by atoms with Crippen molar-refractivity contribution in [2.45, 2.75) is 27.3 Å². The highest BCUT2D eigenvalue weighted by molar-refractivity contribution is 7.14. The molecule has 0 fully saturated rings. The first-order valence-electron chi connectivity index (χ1n) is 22.1. The van der Waals surface area contributed by atoms with Gasteiger partial charge in [0.15, 0.2) is 11.6 Å². The maximum atomic E-state index is 12.4. The van der Waals surface area contributed by atoms with Gasteiger partial charge in [-0.25, -0.2) is 9.97 Å². The number of amides is 1. The largest absolute Gasteiger partial charge is 0.336 e. The van der Waals surface area contributed by atoms with Gasteiger partial charge in [0.05, 0.1) is 45.3 Å². The van der Waals surface area contributed by atoms with Crippen molar-refractivity contribution in [3.05, 3.63) is 126 Å². The molecule has 17 heteroatoms. The maximum Gasteiger partial charge on any atom is 0.226 e. The quantitative estimate of drug-likeness (QED) is 0.0683. The Balaban J connectivity index is 0.932. The van der Waals surface area contributed by atoms with Crippen LogP contribution in [-0.2, 0) is 11.3 Å². The zero-order valence-electron chi connectivity index (χ0n) is 36.8. The fourth-order valence-electron chi connectivity index (χ4n) is 8.52. The van der Waals surface area contributed by atoms with E-state index < -0.39 is 0 Å². The van der Waals surface area contributed by atoms with Crippen molar-refractivity contribution in [2.24, 2.45) is 5.92 Å². The molecule has 0 aliphatic rings. The summed E-state index contributed by atoms with van der Waals surface area (Å²) >= 11 is 3.26. The number of nitrogens with zero attached hydrogens (tertiary/aromatic N) is 8. The van der Waals surface area contributed by atoms with E-state index >= 15 is 0 Å². The standard InChI is InChI=1S/C51H40N14OS2/c1-4-52-19-27-13-31(21-53-20-27)30-16-36(44-37(17-30)46(65-63-44)50-59-39-7-10-55-42(47(39)60-50)29-9-12-67-24-29)41-18-33(25-68-41)43-48-40(8-11-56-43)58-49(61-48)45-35-15-28(5-6-38(35)62-64-45)32-14-34(23-54-22-32)57-51(66)26(2)3/h5-18,20-26,52H,4,19H2,1-3H3,(H,57,66)(H,58,61)(H,59,60)(H,62,64)(H,63,65). The molecular weight excluding hydrogens is 889 g/mol. The van der Waals surface area contributed by atoms with Gasteiger partial charge in [0.2, 0.25) is 5.91 Å². The fraction of sp³-hybridized carbons (Fsp3) is 0.118. The van der Waals surface area contributed by atoms with Crippen LogP contribution in [0.25, 0.3) is 122 Å². The number of nitrogens with one attached hydrogen (secondary N) is 6. The van der Waals surface area contributed by atoms with E-state index in [0.29, 0.717) is 28.7 Å². The normalized spacial score (nSPS) is 11.8. The van der Waals surface area contributed by atoms with Gasteiger partial charge in [0, 0.05) is 97.7 Å². The Morgan fingerprint density at radius 1 is 0.662 bits per heavy atom. The predicted octanol–water partition coefficient (Wildman–Crippen LogP) is 11.3. The summed E-state index contributed by atoms with van der Waals surface area (Å²) in [5, 5.41) is 30.6. The molecule has 15 nitrogen and oxygen atoms in total. The van der Waals surface area contributed by atoms with E-state index in [1.54, 1.807) is 41.3 Å². The van der Waals surface area contributed by atoms with E-state index in [-0.39, 0.29) is 11.8 Å². The molecule has 10 heterocycles. The number of carbonyl (C=O) groups excluding carboxylic acids is 1. The van der Waals surface area contributed by atoms with E-state index in [9.17, 15) is 4.79 Å². The Morgan fingerprint density at radius 3 is 2.13 bits per heavy atom. The molecule has 0 aliphatic carbocycles.